The summed E-state index contributed by atoms with van der Waals surface area (Å²) in [7, 11) is 0. The molecule has 0 radical (unpaired) electrons. The Labute approximate surface area is 569 Å². The van der Waals surface area contributed by atoms with Gasteiger partial charge in [-0.15, -0.1) is 0 Å². The van der Waals surface area contributed by atoms with Gasteiger partial charge in [0, 0.05) is 6.42 Å². The van der Waals surface area contributed by atoms with E-state index in [9.17, 15) is 61.0 Å². The van der Waals surface area contributed by atoms with Crippen LogP contribution in [0.15, 0.2) is 122 Å². The molecule has 17 atom stereocenters. The quantitative estimate of drug-likeness (QED) is 0.0199. The van der Waals surface area contributed by atoms with Gasteiger partial charge in [0.25, 0.3) is 0 Å². The number of aliphatic hydroxyl groups excluding tert-OH is 11. The lowest BCUT2D eigenvalue weighted by Crippen LogP contribution is -2.66. The van der Waals surface area contributed by atoms with Crippen molar-refractivity contribution in [3.8, 4) is 0 Å². The molecule has 3 aliphatic rings. The van der Waals surface area contributed by atoms with Gasteiger partial charge in [0.15, 0.2) is 18.9 Å². The third kappa shape index (κ3) is 37.3. The van der Waals surface area contributed by atoms with Gasteiger partial charge >= 0.3 is 0 Å². The normalized spacial score (nSPS) is 27.9. The first-order chi connectivity index (χ1) is 46.3. The Morgan fingerprint density at radius 2 is 0.737 bits per heavy atom. The number of amides is 1. The number of hydrogen-bond donors (Lipinski definition) is 12. The van der Waals surface area contributed by atoms with Crippen molar-refractivity contribution < 1.29 is 89.4 Å². The maximum Gasteiger partial charge on any atom is 0.220 e. The smallest absolute Gasteiger partial charge is 0.220 e. The Balaban J connectivity index is 1.40. The average Bonchev–Trinajstić information content (AvgIpc) is 0.786. The van der Waals surface area contributed by atoms with Crippen LogP contribution < -0.4 is 5.32 Å². The van der Waals surface area contributed by atoms with Crippen molar-refractivity contribution in [2.24, 2.45) is 0 Å². The van der Waals surface area contributed by atoms with Gasteiger partial charge in [-0.3, -0.25) is 4.79 Å². The Bertz CT molecular complexity index is 2190. The lowest BCUT2D eigenvalue weighted by Gasteiger charge is -2.48. The molecule has 12 N–H and O–H groups in total. The molecule has 95 heavy (non-hydrogen) atoms. The second-order valence-electron chi connectivity index (χ2n) is 25.3. The van der Waals surface area contributed by atoms with Crippen LogP contribution in [0.2, 0.25) is 0 Å². The molecule has 3 fully saturated rings. The van der Waals surface area contributed by atoms with E-state index in [0.29, 0.717) is 12.8 Å². The van der Waals surface area contributed by atoms with Crippen LogP contribution in [-0.4, -0.2) is 193 Å². The summed E-state index contributed by atoms with van der Waals surface area (Å²) in [5, 5.41) is 121. The van der Waals surface area contributed by atoms with Crippen molar-refractivity contribution in [1.82, 2.24) is 5.32 Å². The fourth-order valence-electron chi connectivity index (χ4n) is 11.4. The molecule has 0 aromatic rings. The molecular weight excluding hydrogens is 1210 g/mol. The number of hydrogen-bond acceptors (Lipinski definition) is 18. The minimum Gasteiger partial charge on any atom is -0.394 e. The Kier molecular flexibility index (Phi) is 50.3. The molecule has 3 rings (SSSR count). The van der Waals surface area contributed by atoms with Crippen molar-refractivity contribution in [2.75, 3.05) is 26.4 Å². The molecular formula is C76H127NO18. The van der Waals surface area contributed by atoms with E-state index in [1.54, 1.807) is 6.08 Å². The molecule has 19 nitrogen and oxygen atoms in total. The van der Waals surface area contributed by atoms with Gasteiger partial charge in [-0.25, -0.2) is 0 Å². The molecule has 0 aromatic carbocycles. The van der Waals surface area contributed by atoms with Crippen molar-refractivity contribution in [3.63, 3.8) is 0 Å². The summed E-state index contributed by atoms with van der Waals surface area (Å²) in [5.41, 5.74) is 0. The standard InChI is InChI=1S/C76H127NO18/c1-3-5-7-9-11-13-15-17-19-21-22-23-24-25-26-27-28-29-30-31-32-33-34-35-36-38-40-42-44-46-48-50-52-54-64(82)77-59(60(81)53-51-49-47-45-43-41-39-37-20-18-16-14-12-10-8-6-4-2)58-90-74-70(88)67(85)72(62(56-79)92-74)95-76-71(89)68(86)73(63(57-80)93-76)94-75-69(87)66(84)65(83)61(55-78)91-75/h5,7,11,13,17,19-20,22-23,25-26,28-29,31-32,37,43,45,51,53,59-63,65-76,78-81,83-89H,3-4,6,8-10,12,14-16,18,21,24,27,30,33-36,38-42,44,46-50,52,54-58H2,1-2H3,(H,77,82)/b7-5-,13-11-,19-17-,23-22-,26-25-,29-28-,32-31-,37-20+,45-43+,53-51+. The molecule has 0 bridgehead atoms. The number of carbonyl (C=O) groups is 1. The lowest BCUT2D eigenvalue weighted by molar-refractivity contribution is -0.379. The molecule has 0 aromatic heterocycles. The van der Waals surface area contributed by atoms with E-state index in [0.717, 1.165) is 103 Å². The topological polar surface area (TPSA) is 307 Å². The predicted molar refractivity (Wildman–Crippen MR) is 373 cm³/mol. The van der Waals surface area contributed by atoms with E-state index in [1.165, 1.54) is 83.5 Å². The zero-order valence-corrected chi connectivity index (χ0v) is 57.6. The van der Waals surface area contributed by atoms with Crippen molar-refractivity contribution >= 4 is 5.91 Å². The van der Waals surface area contributed by atoms with Gasteiger partial charge in [-0.2, -0.15) is 0 Å². The van der Waals surface area contributed by atoms with Crippen LogP contribution in [0.1, 0.15) is 219 Å². The van der Waals surface area contributed by atoms with Gasteiger partial charge < -0.3 is 89.9 Å². The zero-order chi connectivity index (χ0) is 68.9. The van der Waals surface area contributed by atoms with Crippen molar-refractivity contribution in [3.05, 3.63) is 122 Å². The molecule has 0 aliphatic carbocycles. The largest absolute Gasteiger partial charge is 0.394 e. The van der Waals surface area contributed by atoms with Crippen LogP contribution in [0.25, 0.3) is 0 Å². The highest BCUT2D eigenvalue weighted by atomic mass is 16.8. The fraction of sp³-hybridized carbons (Fsp3) is 0.724. The molecule has 19 heteroatoms. The van der Waals surface area contributed by atoms with Crippen LogP contribution in [0.3, 0.4) is 0 Å². The third-order valence-electron chi connectivity index (χ3n) is 17.2. The molecule has 0 spiro atoms. The van der Waals surface area contributed by atoms with E-state index in [-0.39, 0.29) is 18.9 Å². The molecule has 3 aliphatic heterocycles. The Hall–Kier alpha value is -3.81. The highest BCUT2D eigenvalue weighted by Crippen LogP contribution is 2.33. The third-order valence-corrected chi connectivity index (χ3v) is 17.2. The zero-order valence-electron chi connectivity index (χ0n) is 57.6. The first kappa shape index (κ1) is 85.4. The molecule has 3 saturated heterocycles. The van der Waals surface area contributed by atoms with E-state index in [2.05, 4.69) is 129 Å². The number of nitrogens with one attached hydrogen (secondary N) is 1. The molecule has 3 heterocycles. The van der Waals surface area contributed by atoms with Gasteiger partial charge in [0.2, 0.25) is 5.91 Å². The second kappa shape index (κ2) is 56.0. The highest BCUT2D eigenvalue weighted by Gasteiger charge is 2.53. The monoisotopic (exact) mass is 1340 g/mol. The van der Waals surface area contributed by atoms with E-state index < -0.39 is 124 Å². The van der Waals surface area contributed by atoms with Gasteiger partial charge in [-0.1, -0.05) is 232 Å². The maximum atomic E-state index is 13.4. The van der Waals surface area contributed by atoms with E-state index >= 15 is 0 Å². The van der Waals surface area contributed by atoms with Crippen LogP contribution in [0, 0.1) is 0 Å². The minimum absolute atomic E-state index is 0.220. The summed E-state index contributed by atoms with van der Waals surface area (Å²) in [6.07, 6.45) is 50.3. The van der Waals surface area contributed by atoms with Crippen LogP contribution in [-0.2, 0) is 33.2 Å². The Morgan fingerprint density at radius 1 is 0.389 bits per heavy atom. The lowest BCUT2D eigenvalue weighted by atomic mass is 9.96. The van der Waals surface area contributed by atoms with E-state index in [1.807, 2.05) is 6.08 Å². The molecule has 0 saturated carbocycles. The van der Waals surface area contributed by atoms with Crippen LogP contribution in [0.5, 0.6) is 0 Å². The number of aliphatic hydroxyl groups is 11. The molecule has 17 unspecified atom stereocenters. The molecule has 544 valence electrons. The summed E-state index contributed by atoms with van der Waals surface area (Å²) < 4.78 is 34.3. The minimum atomic E-state index is -1.99. The summed E-state index contributed by atoms with van der Waals surface area (Å²) >= 11 is 0. The number of carbonyl (C=O) groups excluding carboxylic acids is 1. The number of ether oxygens (including phenoxy) is 6. The average molecular weight is 1340 g/mol. The second-order valence-corrected chi connectivity index (χ2v) is 25.3. The van der Waals surface area contributed by atoms with Crippen molar-refractivity contribution in [1.29, 1.82) is 0 Å². The fourth-order valence-corrected chi connectivity index (χ4v) is 11.4. The van der Waals surface area contributed by atoms with E-state index in [4.69, 9.17) is 28.4 Å². The predicted octanol–water partition coefficient (Wildman–Crippen LogP) is 10.4. The summed E-state index contributed by atoms with van der Waals surface area (Å²) in [6.45, 7) is 1.57. The van der Waals surface area contributed by atoms with Gasteiger partial charge in [0.1, 0.15) is 73.2 Å². The number of rotatable bonds is 54. The SMILES string of the molecule is CC/C=C\C/C=C\C/C=C\C/C=C\C/C=C\C/C=C\C/C=C\CCCCCCCCCCCCCC(=O)NC(COC1OC(CO)C(OC2OC(CO)C(OC3OC(CO)C(O)C(O)C3O)C(O)C2O)C(O)C1O)C(O)/C=C/CC/C=C/CC/C=C/CCCCCCCCC. The Morgan fingerprint density at radius 3 is 1.18 bits per heavy atom. The maximum absolute atomic E-state index is 13.4. The highest BCUT2D eigenvalue weighted by molar-refractivity contribution is 5.76. The van der Waals surface area contributed by atoms with Crippen LogP contribution >= 0.6 is 0 Å². The van der Waals surface area contributed by atoms with Gasteiger partial charge in [-0.05, 0) is 103 Å². The van der Waals surface area contributed by atoms with Gasteiger partial charge in [0.05, 0.1) is 38.6 Å². The molecule has 1 amide bonds. The first-order valence-corrected chi connectivity index (χ1v) is 36.3. The van der Waals surface area contributed by atoms with Crippen molar-refractivity contribution in [2.45, 2.75) is 324 Å². The summed E-state index contributed by atoms with van der Waals surface area (Å²) in [5.74, 6) is -0.298. The van der Waals surface area contributed by atoms with Crippen LogP contribution in [0.4, 0.5) is 0 Å². The first-order valence-electron chi connectivity index (χ1n) is 36.3. The summed E-state index contributed by atoms with van der Waals surface area (Å²) in [6, 6.07) is -1.01. The number of allylic oxidation sites excluding steroid dienone is 19. The number of unbranched alkanes of at least 4 members (excludes halogenated alkanes) is 20. The summed E-state index contributed by atoms with van der Waals surface area (Å²) in [4.78, 5) is 13.4.